The number of hydrogen-bond donors (Lipinski definition) is 2. The predicted octanol–water partition coefficient (Wildman–Crippen LogP) is 6.75. The molecule has 2 atom stereocenters. The van der Waals surface area contributed by atoms with Crippen molar-refractivity contribution in [2.75, 3.05) is 13.2 Å². The van der Waals surface area contributed by atoms with E-state index in [0.29, 0.717) is 5.56 Å². The molecule has 0 radical (unpaired) electrons. The van der Waals surface area contributed by atoms with Gasteiger partial charge in [-0.25, -0.2) is 14.4 Å². The molecule has 1 amide bonds. The first-order valence-electron chi connectivity index (χ1n) is 16.2. The smallest absolute Gasteiger partial charge is 0.410 e. The Labute approximate surface area is 278 Å². The van der Waals surface area contributed by atoms with Crippen molar-refractivity contribution >= 4 is 44.4 Å². The number of nitrogens with zero attached hydrogens (tertiary/aromatic N) is 2. The standard InChI is InChI=1S/C40H29N3O6/c44-37-32(30-16-14-24-13-12-22-6-5-7-23-15-17-31(30)36(24)35(22)23)20-42(39(47)41-37)25-18-34(38(45)46)43(19-25)40(48)49-21-33-28-10-3-1-8-26(28)27-9-2-4-11-29(27)33/h1-17,20,25,33-34H,18-19,21H2,(H,45,46)(H,41,44,47)/t25-,34-/m1/s1. The van der Waals surface area contributed by atoms with Crippen LogP contribution in [0.25, 0.3) is 54.6 Å². The first-order valence-corrected chi connectivity index (χ1v) is 16.2. The normalized spacial score (nSPS) is 17.2. The summed E-state index contributed by atoms with van der Waals surface area (Å²) in [5.74, 6) is -1.38. The van der Waals surface area contributed by atoms with Gasteiger partial charge < -0.3 is 9.84 Å². The Balaban J connectivity index is 1.04. The molecule has 2 N–H and O–H groups in total. The number of ether oxygens (including phenoxy) is 1. The third-order valence-corrected chi connectivity index (χ3v) is 10.3. The summed E-state index contributed by atoms with van der Waals surface area (Å²) >= 11 is 0. The Morgan fingerprint density at radius 1 is 0.735 bits per heavy atom. The molecule has 49 heavy (non-hydrogen) atoms. The van der Waals surface area contributed by atoms with Gasteiger partial charge in [-0.05, 0) is 60.1 Å². The number of carboxylic acid groups (broad SMARTS) is 1. The molecule has 0 unspecified atom stereocenters. The van der Waals surface area contributed by atoms with E-state index in [9.17, 15) is 24.3 Å². The van der Waals surface area contributed by atoms with Crippen LogP contribution in [0.5, 0.6) is 0 Å². The van der Waals surface area contributed by atoms with Gasteiger partial charge in [0.15, 0.2) is 0 Å². The lowest BCUT2D eigenvalue weighted by Gasteiger charge is -2.22. The summed E-state index contributed by atoms with van der Waals surface area (Å²) in [5.41, 5.74) is 3.98. The monoisotopic (exact) mass is 647 g/mol. The maximum Gasteiger partial charge on any atom is 0.410 e. The van der Waals surface area contributed by atoms with Crippen molar-refractivity contribution in [2.24, 2.45) is 0 Å². The van der Waals surface area contributed by atoms with Crippen molar-refractivity contribution in [1.82, 2.24) is 14.5 Å². The minimum absolute atomic E-state index is 0.0244. The number of fused-ring (bicyclic) bond motifs is 3. The third-order valence-electron chi connectivity index (χ3n) is 10.3. The molecule has 6 aromatic carbocycles. The Bertz CT molecular complexity index is 2540. The summed E-state index contributed by atoms with van der Waals surface area (Å²) in [7, 11) is 0. The van der Waals surface area contributed by atoms with Crippen LogP contribution in [0.1, 0.15) is 29.5 Å². The van der Waals surface area contributed by atoms with E-state index in [1.54, 1.807) is 0 Å². The number of amides is 1. The first kappa shape index (κ1) is 29.0. The Morgan fingerprint density at radius 2 is 1.37 bits per heavy atom. The summed E-state index contributed by atoms with van der Waals surface area (Å²) in [4.78, 5) is 56.2. The highest BCUT2D eigenvalue weighted by atomic mass is 16.6. The van der Waals surface area contributed by atoms with E-state index >= 15 is 0 Å². The minimum atomic E-state index is -1.21. The van der Waals surface area contributed by atoms with Gasteiger partial charge in [-0.15, -0.1) is 0 Å². The van der Waals surface area contributed by atoms with Gasteiger partial charge in [-0.2, -0.15) is 0 Å². The number of benzene rings is 6. The molecule has 1 saturated heterocycles. The SMILES string of the molecule is O=C(O)[C@H]1C[C@@H](n2cc(-c3ccc4ccc5cccc6ccc3c4c56)c(=O)[nH]c2=O)CN1C(=O)OCC1c2ccccc2-c2ccccc21. The quantitative estimate of drug-likeness (QED) is 0.199. The van der Waals surface area contributed by atoms with Crippen LogP contribution in [0.2, 0.25) is 0 Å². The number of hydrogen-bond acceptors (Lipinski definition) is 5. The van der Waals surface area contributed by atoms with Crippen LogP contribution in [0.4, 0.5) is 4.79 Å². The summed E-state index contributed by atoms with van der Waals surface area (Å²) < 4.78 is 7.16. The van der Waals surface area contributed by atoms with E-state index in [1.807, 2.05) is 78.9 Å². The van der Waals surface area contributed by atoms with Crippen LogP contribution in [-0.4, -0.2) is 50.8 Å². The fraction of sp³-hybridized carbons (Fsp3) is 0.150. The average Bonchev–Trinajstić information content (AvgIpc) is 3.70. The van der Waals surface area contributed by atoms with Crippen molar-refractivity contribution in [3.05, 3.63) is 141 Å². The highest BCUT2D eigenvalue weighted by Gasteiger charge is 2.42. The largest absolute Gasteiger partial charge is 0.480 e. The molecule has 1 aliphatic carbocycles. The Hall–Kier alpha value is -6.22. The van der Waals surface area contributed by atoms with Gasteiger partial charge in [0.25, 0.3) is 5.56 Å². The third kappa shape index (κ3) is 4.46. The van der Waals surface area contributed by atoms with Crippen LogP contribution in [-0.2, 0) is 9.53 Å². The number of H-pyrrole nitrogens is 1. The molecule has 1 aliphatic heterocycles. The molecule has 0 saturated carbocycles. The number of likely N-dealkylation sites (tertiary alicyclic amines) is 1. The van der Waals surface area contributed by atoms with Crippen LogP contribution in [0, 0.1) is 0 Å². The van der Waals surface area contributed by atoms with E-state index in [0.717, 1.165) is 54.6 Å². The highest BCUT2D eigenvalue weighted by Crippen LogP contribution is 2.45. The lowest BCUT2D eigenvalue weighted by molar-refractivity contribution is -0.141. The number of nitrogens with one attached hydrogen (secondary N) is 1. The lowest BCUT2D eigenvalue weighted by atomic mass is 9.90. The number of carboxylic acids is 1. The number of aliphatic carboxylic acids is 1. The van der Waals surface area contributed by atoms with Crippen molar-refractivity contribution in [2.45, 2.75) is 24.4 Å². The topological polar surface area (TPSA) is 122 Å². The van der Waals surface area contributed by atoms with Crippen LogP contribution >= 0.6 is 0 Å². The maximum atomic E-state index is 13.6. The van der Waals surface area contributed by atoms with E-state index in [4.69, 9.17) is 4.74 Å². The van der Waals surface area contributed by atoms with Gasteiger partial charge in [0.2, 0.25) is 0 Å². The lowest BCUT2D eigenvalue weighted by Crippen LogP contribution is -2.41. The van der Waals surface area contributed by atoms with Crippen molar-refractivity contribution in [1.29, 1.82) is 0 Å². The molecule has 0 spiro atoms. The molecule has 9 rings (SSSR count). The average molecular weight is 648 g/mol. The van der Waals surface area contributed by atoms with Gasteiger partial charge in [0, 0.05) is 25.1 Å². The van der Waals surface area contributed by atoms with Crippen LogP contribution in [0.15, 0.2) is 119 Å². The van der Waals surface area contributed by atoms with E-state index in [-0.39, 0.29) is 31.1 Å². The number of carbonyl (C=O) groups is 2. The second-order valence-electron chi connectivity index (χ2n) is 12.9. The predicted molar refractivity (Wildman–Crippen MR) is 187 cm³/mol. The molecule has 2 heterocycles. The van der Waals surface area contributed by atoms with Crippen LogP contribution < -0.4 is 11.2 Å². The summed E-state index contributed by atoms with van der Waals surface area (Å²) in [5, 5.41) is 16.3. The summed E-state index contributed by atoms with van der Waals surface area (Å²) in [6.07, 6.45) is 0.711. The summed E-state index contributed by atoms with van der Waals surface area (Å²) in [6.45, 7) is -0.0325. The highest BCUT2D eigenvalue weighted by molar-refractivity contribution is 6.25. The summed E-state index contributed by atoms with van der Waals surface area (Å²) in [6, 6.07) is 32.2. The van der Waals surface area contributed by atoms with Gasteiger partial charge >= 0.3 is 17.8 Å². The zero-order chi connectivity index (χ0) is 33.4. The second-order valence-corrected chi connectivity index (χ2v) is 12.9. The molecule has 1 aromatic heterocycles. The molecule has 0 bridgehead atoms. The van der Waals surface area contributed by atoms with Gasteiger partial charge in [0.05, 0.1) is 11.6 Å². The minimum Gasteiger partial charge on any atom is -0.480 e. The molecular weight excluding hydrogens is 618 g/mol. The zero-order valence-corrected chi connectivity index (χ0v) is 26.1. The van der Waals surface area contributed by atoms with Crippen molar-refractivity contribution in [3.63, 3.8) is 0 Å². The van der Waals surface area contributed by atoms with Crippen LogP contribution in [0.3, 0.4) is 0 Å². The zero-order valence-electron chi connectivity index (χ0n) is 26.1. The second kappa shape index (κ2) is 10.9. The Kier molecular flexibility index (Phi) is 6.45. The fourth-order valence-electron chi connectivity index (χ4n) is 8.05. The van der Waals surface area contributed by atoms with Crippen molar-refractivity contribution in [3.8, 4) is 22.3 Å². The first-order chi connectivity index (χ1) is 23.9. The van der Waals surface area contributed by atoms with E-state index < -0.39 is 35.4 Å². The fourth-order valence-corrected chi connectivity index (χ4v) is 8.05. The molecule has 9 heteroatoms. The molecule has 1 fully saturated rings. The molecule has 240 valence electrons. The van der Waals surface area contributed by atoms with Crippen molar-refractivity contribution < 1.29 is 19.4 Å². The molecule has 2 aliphatic rings. The van der Waals surface area contributed by atoms with E-state index in [2.05, 4.69) is 29.2 Å². The molecule has 7 aromatic rings. The van der Waals surface area contributed by atoms with Gasteiger partial charge in [-0.3, -0.25) is 19.2 Å². The number of aromatic nitrogens is 2. The van der Waals surface area contributed by atoms with Gasteiger partial charge in [0.1, 0.15) is 12.6 Å². The van der Waals surface area contributed by atoms with E-state index in [1.165, 1.54) is 15.7 Å². The van der Waals surface area contributed by atoms with Gasteiger partial charge in [-0.1, -0.05) is 103 Å². The number of rotatable bonds is 5. The number of aromatic amines is 1. The molecule has 9 nitrogen and oxygen atoms in total. The number of carbonyl (C=O) groups excluding carboxylic acids is 1. The molecular formula is C40H29N3O6. The Morgan fingerprint density at radius 3 is 2.06 bits per heavy atom. The maximum absolute atomic E-state index is 13.6.